The van der Waals surface area contributed by atoms with Gasteiger partial charge in [0.2, 0.25) is 10.0 Å². The molecule has 1 saturated carbocycles. The van der Waals surface area contributed by atoms with Gasteiger partial charge < -0.3 is 0 Å². The predicted molar refractivity (Wildman–Crippen MR) is 83.2 cm³/mol. The van der Waals surface area contributed by atoms with Crippen LogP contribution in [0.15, 0.2) is 24.3 Å². The van der Waals surface area contributed by atoms with Crippen molar-refractivity contribution in [3.05, 3.63) is 29.8 Å². The fourth-order valence-corrected chi connectivity index (χ4v) is 3.92. The number of halogens is 1. The van der Waals surface area contributed by atoms with Crippen LogP contribution in [0, 0.1) is 5.92 Å². The Morgan fingerprint density at radius 3 is 2.63 bits per heavy atom. The average molecular weight is 346 g/mol. The van der Waals surface area contributed by atoms with Crippen LogP contribution in [-0.4, -0.2) is 14.2 Å². The number of para-hydroxylation sites is 1. The van der Waals surface area contributed by atoms with Gasteiger partial charge in [0.05, 0.1) is 11.4 Å². The molecule has 1 unspecified atom stereocenters. The van der Waals surface area contributed by atoms with Crippen LogP contribution in [0.25, 0.3) is 0 Å². The van der Waals surface area contributed by atoms with Crippen LogP contribution in [0.3, 0.4) is 0 Å². The maximum Gasteiger partial charge on any atom is 0.232 e. The summed E-state index contributed by atoms with van der Waals surface area (Å²) in [6.45, 7) is 1.99. The number of hydrogen-bond donors (Lipinski definition) is 1. The highest BCUT2D eigenvalue weighted by Gasteiger charge is 2.21. The molecule has 0 aromatic heterocycles. The molecule has 0 spiro atoms. The first-order valence-corrected chi connectivity index (χ1v) is 9.28. The van der Waals surface area contributed by atoms with Crippen molar-refractivity contribution in [3.63, 3.8) is 0 Å². The molecule has 1 fully saturated rings. The van der Waals surface area contributed by atoms with Crippen molar-refractivity contribution in [2.75, 3.05) is 10.5 Å². The minimum atomic E-state index is -3.23. The van der Waals surface area contributed by atoms with Crippen LogP contribution < -0.4 is 4.72 Å². The standard InChI is InChI=1S/C14H20BrNO2S/c1-11(15)13-7-2-3-8-14(13)16-19(17,18)10-9-12-5-4-6-12/h2-3,7-8,11-12,16H,4-6,9-10H2,1H3. The van der Waals surface area contributed by atoms with E-state index in [2.05, 4.69) is 20.7 Å². The third-order valence-electron chi connectivity index (χ3n) is 3.67. The average Bonchev–Trinajstić information content (AvgIpc) is 2.26. The van der Waals surface area contributed by atoms with E-state index in [1.807, 2.05) is 31.2 Å². The summed E-state index contributed by atoms with van der Waals surface area (Å²) in [6.07, 6.45) is 4.40. The van der Waals surface area contributed by atoms with Crippen molar-refractivity contribution in [1.82, 2.24) is 0 Å². The molecular formula is C14H20BrNO2S. The molecule has 106 valence electrons. The Hall–Kier alpha value is -0.550. The van der Waals surface area contributed by atoms with Crippen LogP contribution in [0.1, 0.15) is 43.0 Å². The van der Waals surface area contributed by atoms with Crippen molar-refractivity contribution in [1.29, 1.82) is 0 Å². The van der Waals surface area contributed by atoms with E-state index in [-0.39, 0.29) is 10.6 Å². The van der Waals surface area contributed by atoms with Gasteiger partial charge in [0.25, 0.3) is 0 Å². The quantitative estimate of drug-likeness (QED) is 0.789. The monoisotopic (exact) mass is 345 g/mol. The number of nitrogens with one attached hydrogen (secondary N) is 1. The highest BCUT2D eigenvalue weighted by atomic mass is 79.9. The Kier molecular flexibility index (Phi) is 4.90. The molecule has 0 radical (unpaired) electrons. The topological polar surface area (TPSA) is 46.2 Å². The summed E-state index contributed by atoms with van der Waals surface area (Å²) in [7, 11) is -3.23. The zero-order chi connectivity index (χ0) is 13.9. The lowest BCUT2D eigenvalue weighted by molar-refractivity contribution is 0.307. The molecule has 1 aliphatic rings. The summed E-state index contributed by atoms with van der Waals surface area (Å²) in [5, 5.41) is 0. The number of sulfonamides is 1. The summed E-state index contributed by atoms with van der Waals surface area (Å²) in [4.78, 5) is 0.123. The molecule has 1 atom stereocenters. The zero-order valence-corrected chi connectivity index (χ0v) is 13.5. The molecule has 2 rings (SSSR count). The van der Waals surface area contributed by atoms with E-state index < -0.39 is 10.0 Å². The molecule has 0 amide bonds. The van der Waals surface area contributed by atoms with E-state index in [1.54, 1.807) is 0 Å². The van der Waals surface area contributed by atoms with Crippen molar-refractivity contribution < 1.29 is 8.42 Å². The van der Waals surface area contributed by atoms with Crippen LogP contribution in [-0.2, 0) is 10.0 Å². The highest BCUT2D eigenvalue weighted by molar-refractivity contribution is 9.09. The third kappa shape index (κ3) is 4.21. The van der Waals surface area contributed by atoms with E-state index in [4.69, 9.17) is 0 Å². The lowest BCUT2D eigenvalue weighted by Gasteiger charge is -2.25. The van der Waals surface area contributed by atoms with Crippen LogP contribution >= 0.6 is 15.9 Å². The van der Waals surface area contributed by atoms with Gasteiger partial charge in [-0.3, -0.25) is 4.72 Å². The lowest BCUT2D eigenvalue weighted by Crippen LogP contribution is -2.22. The normalized spacial score (nSPS) is 17.8. The van der Waals surface area contributed by atoms with Crippen molar-refractivity contribution in [2.45, 2.75) is 37.4 Å². The summed E-state index contributed by atoms with van der Waals surface area (Å²) >= 11 is 3.49. The lowest BCUT2D eigenvalue weighted by atomic mass is 9.84. The smallest absolute Gasteiger partial charge is 0.232 e. The van der Waals surface area contributed by atoms with Gasteiger partial charge in [-0.1, -0.05) is 53.4 Å². The minimum absolute atomic E-state index is 0.123. The van der Waals surface area contributed by atoms with Crippen molar-refractivity contribution in [3.8, 4) is 0 Å². The van der Waals surface area contributed by atoms with E-state index in [1.165, 1.54) is 19.3 Å². The third-order valence-corrected chi connectivity index (χ3v) is 5.47. The van der Waals surface area contributed by atoms with Gasteiger partial charge in [-0.2, -0.15) is 0 Å². The molecule has 1 N–H and O–H groups in total. The van der Waals surface area contributed by atoms with Gasteiger partial charge in [-0.05, 0) is 30.9 Å². The number of rotatable bonds is 6. The van der Waals surface area contributed by atoms with Crippen LogP contribution in [0.4, 0.5) is 5.69 Å². The van der Waals surface area contributed by atoms with Gasteiger partial charge in [0, 0.05) is 4.83 Å². The Morgan fingerprint density at radius 2 is 2.05 bits per heavy atom. The Bertz CT molecular complexity index is 524. The molecule has 5 heteroatoms. The van der Waals surface area contributed by atoms with Crippen LogP contribution in [0.5, 0.6) is 0 Å². The maximum absolute atomic E-state index is 12.1. The summed E-state index contributed by atoms with van der Waals surface area (Å²) in [6, 6.07) is 7.51. The first kappa shape index (κ1) is 14.9. The van der Waals surface area contributed by atoms with Crippen molar-refractivity contribution in [2.24, 2.45) is 5.92 Å². The van der Waals surface area contributed by atoms with E-state index in [0.717, 1.165) is 12.0 Å². The Morgan fingerprint density at radius 1 is 1.37 bits per heavy atom. The van der Waals surface area contributed by atoms with Gasteiger partial charge in [0.1, 0.15) is 0 Å². The number of anilines is 1. The van der Waals surface area contributed by atoms with Crippen molar-refractivity contribution >= 4 is 31.6 Å². The molecule has 3 nitrogen and oxygen atoms in total. The molecule has 0 saturated heterocycles. The highest BCUT2D eigenvalue weighted by Crippen LogP contribution is 2.31. The largest absolute Gasteiger partial charge is 0.283 e. The number of hydrogen-bond acceptors (Lipinski definition) is 2. The summed E-state index contributed by atoms with van der Waals surface area (Å²) in [5.74, 6) is 0.838. The second-order valence-electron chi connectivity index (χ2n) is 5.21. The van der Waals surface area contributed by atoms with Gasteiger partial charge >= 0.3 is 0 Å². The van der Waals surface area contributed by atoms with Gasteiger partial charge in [-0.25, -0.2) is 8.42 Å². The SMILES string of the molecule is CC(Br)c1ccccc1NS(=O)(=O)CCC1CCC1. The fourth-order valence-electron chi connectivity index (χ4n) is 2.26. The van der Waals surface area contributed by atoms with E-state index in [9.17, 15) is 8.42 Å². The first-order chi connectivity index (χ1) is 8.98. The molecule has 0 heterocycles. The minimum Gasteiger partial charge on any atom is -0.283 e. The molecule has 1 aromatic carbocycles. The number of alkyl halides is 1. The second kappa shape index (κ2) is 6.27. The van der Waals surface area contributed by atoms with Gasteiger partial charge in [-0.15, -0.1) is 0 Å². The molecule has 1 aromatic rings. The Balaban J connectivity index is 2.02. The molecular weight excluding hydrogens is 326 g/mol. The summed E-state index contributed by atoms with van der Waals surface area (Å²) in [5.41, 5.74) is 1.65. The maximum atomic E-state index is 12.1. The molecule has 0 bridgehead atoms. The first-order valence-electron chi connectivity index (χ1n) is 6.71. The molecule has 0 aliphatic heterocycles. The van der Waals surface area contributed by atoms with E-state index in [0.29, 0.717) is 11.6 Å². The fraction of sp³-hybridized carbons (Fsp3) is 0.571. The van der Waals surface area contributed by atoms with Crippen LogP contribution in [0.2, 0.25) is 0 Å². The van der Waals surface area contributed by atoms with Gasteiger partial charge in [0.15, 0.2) is 0 Å². The molecule has 19 heavy (non-hydrogen) atoms. The zero-order valence-electron chi connectivity index (χ0n) is 11.1. The molecule has 1 aliphatic carbocycles. The predicted octanol–water partition coefficient (Wildman–Crippen LogP) is 4.07. The Labute approximate surface area is 124 Å². The second-order valence-corrected chi connectivity index (χ2v) is 8.43. The number of benzene rings is 1. The summed E-state index contributed by atoms with van der Waals surface area (Å²) < 4.78 is 26.9. The van der Waals surface area contributed by atoms with E-state index >= 15 is 0 Å².